The van der Waals surface area contributed by atoms with Crippen molar-refractivity contribution < 1.29 is 4.39 Å². The number of aromatic nitrogens is 1. The highest BCUT2D eigenvalue weighted by Gasteiger charge is 2.12. The Morgan fingerprint density at radius 1 is 1.26 bits per heavy atom. The molecule has 0 saturated carbocycles. The standard InChI is InChI=1S/C15H17FN2S/c1-2-11(17)10-13-14(16)4-3-5-15(13)19-12-6-8-18-9-7-12/h3-9,11H,2,10,17H2,1H3. The molecule has 0 aliphatic carbocycles. The van der Waals surface area contributed by atoms with Gasteiger partial charge in [-0.15, -0.1) is 0 Å². The third-order valence-electron chi connectivity index (χ3n) is 2.94. The molecule has 0 saturated heterocycles. The van der Waals surface area contributed by atoms with Gasteiger partial charge in [-0.25, -0.2) is 4.39 Å². The Bertz CT molecular complexity index is 531. The van der Waals surface area contributed by atoms with Gasteiger partial charge in [0.05, 0.1) is 0 Å². The molecule has 2 aromatic rings. The highest BCUT2D eigenvalue weighted by molar-refractivity contribution is 7.99. The van der Waals surface area contributed by atoms with Gasteiger partial charge in [0.25, 0.3) is 0 Å². The summed E-state index contributed by atoms with van der Waals surface area (Å²) in [7, 11) is 0. The molecule has 0 radical (unpaired) electrons. The van der Waals surface area contributed by atoms with Crippen LogP contribution in [-0.4, -0.2) is 11.0 Å². The molecule has 0 amide bonds. The summed E-state index contributed by atoms with van der Waals surface area (Å²) in [4.78, 5) is 5.96. The van der Waals surface area contributed by atoms with Crippen LogP contribution in [0.15, 0.2) is 52.5 Å². The summed E-state index contributed by atoms with van der Waals surface area (Å²) in [5.74, 6) is -0.178. The summed E-state index contributed by atoms with van der Waals surface area (Å²) >= 11 is 1.55. The van der Waals surface area contributed by atoms with E-state index < -0.39 is 0 Å². The molecule has 0 aliphatic heterocycles. The van der Waals surface area contributed by atoms with Gasteiger partial charge in [0, 0.05) is 33.8 Å². The zero-order valence-electron chi connectivity index (χ0n) is 10.8. The number of halogens is 1. The molecule has 2 nitrogen and oxygen atoms in total. The monoisotopic (exact) mass is 276 g/mol. The Morgan fingerprint density at radius 2 is 2.00 bits per heavy atom. The summed E-state index contributed by atoms with van der Waals surface area (Å²) in [6.45, 7) is 2.02. The van der Waals surface area contributed by atoms with Crippen molar-refractivity contribution in [1.29, 1.82) is 0 Å². The predicted octanol–water partition coefficient (Wildman–Crippen LogP) is 3.65. The Balaban J connectivity index is 2.27. The second-order valence-corrected chi connectivity index (χ2v) is 5.49. The Labute approximate surface area is 117 Å². The quantitative estimate of drug-likeness (QED) is 0.906. The van der Waals surface area contributed by atoms with E-state index in [4.69, 9.17) is 5.73 Å². The van der Waals surface area contributed by atoms with Crippen LogP contribution in [0.1, 0.15) is 18.9 Å². The fourth-order valence-electron chi connectivity index (χ4n) is 1.77. The molecule has 0 bridgehead atoms. The van der Waals surface area contributed by atoms with E-state index in [2.05, 4.69) is 4.98 Å². The fourth-order valence-corrected chi connectivity index (χ4v) is 2.73. The lowest BCUT2D eigenvalue weighted by atomic mass is 10.0. The molecule has 19 heavy (non-hydrogen) atoms. The maximum Gasteiger partial charge on any atom is 0.127 e. The van der Waals surface area contributed by atoms with Crippen molar-refractivity contribution in [2.24, 2.45) is 5.73 Å². The topological polar surface area (TPSA) is 38.9 Å². The summed E-state index contributed by atoms with van der Waals surface area (Å²) in [6.07, 6.45) is 4.88. The molecule has 1 heterocycles. The lowest BCUT2D eigenvalue weighted by Crippen LogP contribution is -2.22. The van der Waals surface area contributed by atoms with Crippen LogP contribution in [0.5, 0.6) is 0 Å². The summed E-state index contributed by atoms with van der Waals surface area (Å²) < 4.78 is 14.0. The van der Waals surface area contributed by atoms with Crippen molar-refractivity contribution in [3.8, 4) is 0 Å². The zero-order valence-corrected chi connectivity index (χ0v) is 11.7. The van der Waals surface area contributed by atoms with E-state index in [0.717, 1.165) is 16.2 Å². The molecule has 4 heteroatoms. The van der Waals surface area contributed by atoms with Gasteiger partial charge in [-0.2, -0.15) is 0 Å². The van der Waals surface area contributed by atoms with Crippen molar-refractivity contribution in [2.45, 2.75) is 35.6 Å². The van der Waals surface area contributed by atoms with Gasteiger partial charge in [-0.3, -0.25) is 4.98 Å². The minimum atomic E-state index is -0.178. The van der Waals surface area contributed by atoms with Crippen molar-refractivity contribution in [2.75, 3.05) is 0 Å². The van der Waals surface area contributed by atoms with Crippen LogP contribution < -0.4 is 5.73 Å². The van der Waals surface area contributed by atoms with Gasteiger partial charge in [0.1, 0.15) is 5.82 Å². The number of pyridine rings is 1. The molecular weight excluding hydrogens is 259 g/mol. The molecule has 1 aromatic carbocycles. The predicted molar refractivity (Wildman–Crippen MR) is 76.7 cm³/mol. The number of rotatable bonds is 5. The van der Waals surface area contributed by atoms with Crippen LogP contribution in [0.2, 0.25) is 0 Å². The van der Waals surface area contributed by atoms with Crippen LogP contribution >= 0.6 is 11.8 Å². The minimum absolute atomic E-state index is 0.00584. The second kappa shape index (κ2) is 6.68. The van der Waals surface area contributed by atoms with Crippen molar-refractivity contribution in [1.82, 2.24) is 4.98 Å². The van der Waals surface area contributed by atoms with E-state index in [1.807, 2.05) is 25.1 Å². The minimum Gasteiger partial charge on any atom is -0.327 e. The molecular formula is C15H17FN2S. The number of nitrogens with zero attached hydrogens (tertiary/aromatic N) is 1. The van der Waals surface area contributed by atoms with Gasteiger partial charge >= 0.3 is 0 Å². The van der Waals surface area contributed by atoms with Gasteiger partial charge in [-0.05, 0) is 37.1 Å². The number of hydrogen-bond donors (Lipinski definition) is 1. The average Bonchev–Trinajstić information content (AvgIpc) is 2.43. The lowest BCUT2D eigenvalue weighted by Gasteiger charge is -2.14. The number of benzene rings is 1. The first-order valence-corrected chi connectivity index (χ1v) is 7.13. The lowest BCUT2D eigenvalue weighted by molar-refractivity contribution is 0.571. The molecule has 0 fully saturated rings. The maximum atomic E-state index is 14.0. The Kier molecular flexibility index (Phi) is 4.93. The zero-order chi connectivity index (χ0) is 13.7. The van der Waals surface area contributed by atoms with Gasteiger partial charge in [0.2, 0.25) is 0 Å². The van der Waals surface area contributed by atoms with Crippen LogP contribution in [-0.2, 0) is 6.42 Å². The summed E-state index contributed by atoms with van der Waals surface area (Å²) in [6, 6.07) is 8.99. The highest BCUT2D eigenvalue weighted by Crippen LogP contribution is 2.32. The van der Waals surface area contributed by atoms with E-state index in [1.54, 1.807) is 30.2 Å². The van der Waals surface area contributed by atoms with Crippen LogP contribution in [0, 0.1) is 5.82 Å². The number of nitrogens with two attached hydrogens (primary N) is 1. The van der Waals surface area contributed by atoms with Crippen molar-refractivity contribution in [3.63, 3.8) is 0 Å². The van der Waals surface area contributed by atoms with E-state index in [0.29, 0.717) is 12.0 Å². The molecule has 1 aromatic heterocycles. The molecule has 2 rings (SSSR count). The normalized spacial score (nSPS) is 12.4. The number of hydrogen-bond acceptors (Lipinski definition) is 3. The molecule has 100 valence electrons. The van der Waals surface area contributed by atoms with Gasteiger partial charge in [0.15, 0.2) is 0 Å². The molecule has 0 spiro atoms. The fraction of sp³-hybridized carbons (Fsp3) is 0.267. The average molecular weight is 276 g/mol. The summed E-state index contributed by atoms with van der Waals surface area (Å²) in [5.41, 5.74) is 6.66. The third-order valence-corrected chi connectivity index (χ3v) is 4.05. The van der Waals surface area contributed by atoms with Crippen LogP contribution in [0.3, 0.4) is 0 Å². The largest absolute Gasteiger partial charge is 0.327 e. The second-order valence-electron chi connectivity index (χ2n) is 4.37. The Morgan fingerprint density at radius 3 is 2.68 bits per heavy atom. The third kappa shape index (κ3) is 3.78. The van der Waals surface area contributed by atoms with Crippen LogP contribution in [0.4, 0.5) is 4.39 Å². The van der Waals surface area contributed by atoms with E-state index in [1.165, 1.54) is 6.07 Å². The first-order valence-electron chi connectivity index (χ1n) is 6.31. The van der Waals surface area contributed by atoms with Gasteiger partial charge in [-0.1, -0.05) is 24.8 Å². The first-order chi connectivity index (χ1) is 9.20. The highest BCUT2D eigenvalue weighted by atomic mass is 32.2. The SMILES string of the molecule is CCC(N)Cc1c(F)cccc1Sc1ccncc1. The van der Waals surface area contributed by atoms with Crippen molar-refractivity contribution >= 4 is 11.8 Å². The molecule has 1 atom stereocenters. The van der Waals surface area contributed by atoms with E-state index >= 15 is 0 Å². The smallest absolute Gasteiger partial charge is 0.127 e. The van der Waals surface area contributed by atoms with Gasteiger partial charge < -0.3 is 5.73 Å². The molecule has 2 N–H and O–H groups in total. The van der Waals surface area contributed by atoms with E-state index in [-0.39, 0.29) is 11.9 Å². The summed E-state index contributed by atoms with van der Waals surface area (Å²) in [5, 5.41) is 0. The maximum absolute atomic E-state index is 14.0. The molecule has 1 unspecified atom stereocenters. The first kappa shape index (κ1) is 14.0. The van der Waals surface area contributed by atoms with Crippen molar-refractivity contribution in [3.05, 3.63) is 54.1 Å². The molecule has 0 aliphatic rings. The Hall–Kier alpha value is -1.39. The van der Waals surface area contributed by atoms with E-state index in [9.17, 15) is 4.39 Å². The van der Waals surface area contributed by atoms with Crippen LogP contribution in [0.25, 0.3) is 0 Å².